The van der Waals surface area contributed by atoms with Gasteiger partial charge in [0.05, 0.1) is 36.7 Å². The summed E-state index contributed by atoms with van der Waals surface area (Å²) < 4.78 is 32.2. The summed E-state index contributed by atoms with van der Waals surface area (Å²) in [5.74, 6) is -0.303. The molecule has 1 aliphatic rings. The van der Waals surface area contributed by atoms with Crippen molar-refractivity contribution in [2.24, 2.45) is 5.92 Å². The highest BCUT2D eigenvalue weighted by atomic mass is 32.2. The summed E-state index contributed by atoms with van der Waals surface area (Å²) in [5, 5.41) is 14.7. The van der Waals surface area contributed by atoms with Crippen molar-refractivity contribution in [3.8, 4) is 5.75 Å². The van der Waals surface area contributed by atoms with Gasteiger partial charge in [0.1, 0.15) is 11.9 Å². The van der Waals surface area contributed by atoms with E-state index in [1.54, 1.807) is 24.9 Å². The summed E-state index contributed by atoms with van der Waals surface area (Å²) in [5.41, 5.74) is 1.09. The van der Waals surface area contributed by atoms with E-state index in [1.807, 2.05) is 49.4 Å². The molecule has 11 heteroatoms. The van der Waals surface area contributed by atoms with Crippen LogP contribution in [-0.2, 0) is 10.0 Å². The molecule has 0 saturated carbocycles. The zero-order chi connectivity index (χ0) is 28.3. The highest BCUT2D eigenvalue weighted by Crippen LogP contribution is 2.31. The zero-order valence-electron chi connectivity index (χ0n) is 22.4. The highest BCUT2D eigenvalue weighted by molar-refractivity contribution is 7.92. The van der Waals surface area contributed by atoms with Gasteiger partial charge < -0.3 is 25.0 Å². The van der Waals surface area contributed by atoms with Crippen LogP contribution in [0.15, 0.2) is 60.7 Å². The molecule has 0 unspecified atom stereocenters. The van der Waals surface area contributed by atoms with Crippen molar-refractivity contribution in [1.29, 1.82) is 0 Å². The van der Waals surface area contributed by atoms with E-state index in [1.165, 1.54) is 17.0 Å². The lowest BCUT2D eigenvalue weighted by molar-refractivity contribution is 0.0371. The van der Waals surface area contributed by atoms with Gasteiger partial charge in [0.2, 0.25) is 10.0 Å². The second kappa shape index (κ2) is 11.5. The van der Waals surface area contributed by atoms with Crippen molar-refractivity contribution < 1.29 is 27.9 Å². The summed E-state index contributed by atoms with van der Waals surface area (Å²) in [6.45, 7) is 3.91. The molecule has 0 saturated heterocycles. The fourth-order valence-electron chi connectivity index (χ4n) is 4.62. The number of sulfonamides is 1. The Hall–Kier alpha value is -3.83. The number of amides is 3. The van der Waals surface area contributed by atoms with Crippen LogP contribution in [0.1, 0.15) is 24.2 Å². The van der Waals surface area contributed by atoms with E-state index >= 15 is 0 Å². The van der Waals surface area contributed by atoms with Crippen molar-refractivity contribution in [2.75, 3.05) is 43.0 Å². The first-order chi connectivity index (χ1) is 18.5. The van der Waals surface area contributed by atoms with Gasteiger partial charge >= 0.3 is 6.03 Å². The number of aliphatic hydroxyl groups excluding tert-OH is 1. The Morgan fingerprint density at radius 2 is 1.90 bits per heavy atom. The molecule has 0 aromatic heterocycles. The topological polar surface area (TPSA) is 128 Å². The van der Waals surface area contributed by atoms with Gasteiger partial charge in [-0.15, -0.1) is 0 Å². The van der Waals surface area contributed by atoms with Gasteiger partial charge in [-0.3, -0.25) is 9.52 Å². The standard InChI is InChI=1S/C28H34N4O6S/c1-18-15-32(19(2)17-33)27(34)23-14-21(30-39(4,36)37)12-13-25(23)38-26(18)16-31(3)28(35)29-24-11-7-9-20-8-5-6-10-22(20)24/h5-14,18-19,26,30,33H,15-17H2,1-4H3,(H,29,35)/t18-,19-,26+/m1/s1. The lowest BCUT2D eigenvalue weighted by Crippen LogP contribution is -2.50. The minimum Gasteiger partial charge on any atom is -0.487 e. The van der Waals surface area contributed by atoms with E-state index in [4.69, 9.17) is 4.74 Å². The first-order valence-corrected chi connectivity index (χ1v) is 14.6. The number of nitrogens with one attached hydrogen (secondary N) is 2. The van der Waals surface area contributed by atoms with Gasteiger partial charge in [-0.2, -0.15) is 0 Å². The number of hydrogen-bond acceptors (Lipinski definition) is 6. The average molecular weight is 555 g/mol. The molecule has 39 heavy (non-hydrogen) atoms. The van der Waals surface area contributed by atoms with E-state index in [9.17, 15) is 23.1 Å². The van der Waals surface area contributed by atoms with Crippen LogP contribution < -0.4 is 14.8 Å². The predicted octanol–water partition coefficient (Wildman–Crippen LogP) is 3.60. The zero-order valence-corrected chi connectivity index (χ0v) is 23.2. The predicted molar refractivity (Wildman–Crippen MR) is 152 cm³/mol. The van der Waals surface area contributed by atoms with Crippen LogP contribution in [0.3, 0.4) is 0 Å². The van der Waals surface area contributed by atoms with E-state index in [-0.39, 0.29) is 54.6 Å². The van der Waals surface area contributed by atoms with Crippen LogP contribution in [-0.4, -0.2) is 80.4 Å². The van der Waals surface area contributed by atoms with Crippen molar-refractivity contribution in [3.05, 3.63) is 66.2 Å². The maximum absolute atomic E-state index is 13.5. The number of carbonyl (C=O) groups is 2. The molecular formula is C28H34N4O6S. The Balaban J connectivity index is 1.60. The molecule has 1 aliphatic heterocycles. The Labute approximate surface area is 228 Å². The lowest BCUT2D eigenvalue weighted by Gasteiger charge is -2.38. The Morgan fingerprint density at radius 1 is 1.18 bits per heavy atom. The van der Waals surface area contributed by atoms with Crippen molar-refractivity contribution in [2.45, 2.75) is 26.0 Å². The molecule has 3 N–H and O–H groups in total. The normalized spacial score (nSPS) is 18.4. The maximum atomic E-state index is 13.5. The molecule has 208 valence electrons. The van der Waals surface area contributed by atoms with E-state index in [2.05, 4.69) is 10.0 Å². The largest absolute Gasteiger partial charge is 0.487 e. The minimum absolute atomic E-state index is 0.170. The molecule has 3 atom stereocenters. The molecule has 4 rings (SSSR count). The fourth-order valence-corrected chi connectivity index (χ4v) is 5.17. The van der Waals surface area contributed by atoms with E-state index < -0.39 is 22.2 Å². The van der Waals surface area contributed by atoms with Crippen LogP contribution in [0.25, 0.3) is 10.8 Å². The number of likely N-dealkylation sites (N-methyl/N-ethyl adjacent to an activating group) is 1. The number of carbonyl (C=O) groups excluding carboxylic acids is 2. The molecule has 0 radical (unpaired) electrons. The molecule has 3 amide bonds. The highest BCUT2D eigenvalue weighted by Gasteiger charge is 2.34. The number of anilines is 2. The van der Waals surface area contributed by atoms with Crippen molar-refractivity contribution >= 4 is 44.1 Å². The van der Waals surface area contributed by atoms with Gasteiger partial charge in [0.15, 0.2) is 0 Å². The number of benzene rings is 3. The molecule has 3 aromatic carbocycles. The van der Waals surface area contributed by atoms with Crippen LogP contribution in [0.5, 0.6) is 5.75 Å². The Morgan fingerprint density at radius 3 is 2.62 bits per heavy atom. The summed E-state index contributed by atoms with van der Waals surface area (Å²) in [6.07, 6.45) is 0.529. The van der Waals surface area contributed by atoms with Gasteiger partial charge in [0, 0.05) is 30.6 Å². The second-order valence-corrected chi connectivity index (χ2v) is 11.8. The molecule has 0 spiro atoms. The average Bonchev–Trinajstić information content (AvgIpc) is 2.89. The Bertz CT molecular complexity index is 1470. The van der Waals surface area contributed by atoms with E-state index in [0.717, 1.165) is 17.0 Å². The Kier molecular flexibility index (Phi) is 8.31. The number of fused-ring (bicyclic) bond motifs is 2. The number of hydrogen-bond donors (Lipinski definition) is 3. The van der Waals surface area contributed by atoms with Crippen LogP contribution in [0, 0.1) is 5.92 Å². The van der Waals surface area contributed by atoms with E-state index in [0.29, 0.717) is 5.69 Å². The first kappa shape index (κ1) is 28.2. The molecule has 0 fully saturated rings. The quantitative estimate of drug-likeness (QED) is 0.410. The second-order valence-electron chi connectivity index (χ2n) is 10.0. The van der Waals surface area contributed by atoms with Crippen LogP contribution in [0.2, 0.25) is 0 Å². The van der Waals surface area contributed by atoms with Crippen LogP contribution >= 0.6 is 0 Å². The number of rotatable bonds is 7. The molecule has 3 aromatic rings. The summed E-state index contributed by atoms with van der Waals surface area (Å²) in [6, 6.07) is 17.2. The molecule has 1 heterocycles. The van der Waals surface area contributed by atoms with Gasteiger partial charge in [-0.05, 0) is 36.6 Å². The number of ether oxygens (including phenoxy) is 1. The number of urea groups is 1. The van der Waals surface area contributed by atoms with Crippen LogP contribution in [0.4, 0.5) is 16.2 Å². The molecule has 0 bridgehead atoms. The van der Waals surface area contributed by atoms with Gasteiger partial charge in [-0.1, -0.05) is 43.3 Å². The third-order valence-corrected chi connectivity index (χ3v) is 7.41. The molecular weight excluding hydrogens is 520 g/mol. The monoisotopic (exact) mass is 554 g/mol. The van der Waals surface area contributed by atoms with Gasteiger partial charge in [-0.25, -0.2) is 13.2 Å². The minimum atomic E-state index is -3.56. The molecule has 0 aliphatic carbocycles. The third kappa shape index (κ3) is 6.61. The first-order valence-electron chi connectivity index (χ1n) is 12.7. The molecule has 10 nitrogen and oxygen atoms in total. The van der Waals surface area contributed by atoms with Gasteiger partial charge in [0.25, 0.3) is 5.91 Å². The SMILES string of the molecule is C[C@@H]1CN([C@H](C)CO)C(=O)c2cc(NS(C)(=O)=O)ccc2O[C@H]1CN(C)C(=O)Nc1cccc2ccccc12. The third-order valence-electron chi connectivity index (χ3n) is 6.80. The van der Waals surface area contributed by atoms with Crippen molar-refractivity contribution in [1.82, 2.24) is 9.80 Å². The lowest BCUT2D eigenvalue weighted by atomic mass is 9.99. The fraction of sp³-hybridized carbons (Fsp3) is 0.357. The summed E-state index contributed by atoms with van der Waals surface area (Å²) in [4.78, 5) is 29.8. The maximum Gasteiger partial charge on any atom is 0.321 e. The smallest absolute Gasteiger partial charge is 0.321 e. The summed E-state index contributed by atoms with van der Waals surface area (Å²) >= 11 is 0. The number of nitrogens with zero attached hydrogens (tertiary/aromatic N) is 2. The van der Waals surface area contributed by atoms with Crippen molar-refractivity contribution in [3.63, 3.8) is 0 Å². The number of aliphatic hydroxyl groups is 1. The summed E-state index contributed by atoms with van der Waals surface area (Å²) in [7, 11) is -1.89.